The first kappa shape index (κ1) is 20.5. The molecule has 1 atom stereocenters. The van der Waals surface area contributed by atoms with Gasteiger partial charge in [0, 0.05) is 31.4 Å². The lowest BCUT2D eigenvalue weighted by atomic mass is 9.76. The predicted molar refractivity (Wildman–Crippen MR) is 115 cm³/mol. The second-order valence-electron chi connectivity index (χ2n) is 8.42. The lowest BCUT2D eigenvalue weighted by Crippen LogP contribution is -2.42. The lowest BCUT2D eigenvalue weighted by molar-refractivity contribution is 0.0696. The number of rotatable bonds is 3. The number of benzene rings is 2. The second-order valence-corrected chi connectivity index (χ2v) is 8.82. The van der Waals surface area contributed by atoms with E-state index >= 15 is 0 Å². The minimum absolute atomic E-state index is 0.0360. The van der Waals surface area contributed by atoms with Crippen molar-refractivity contribution in [1.29, 1.82) is 5.26 Å². The summed E-state index contributed by atoms with van der Waals surface area (Å²) >= 11 is 6.24. The van der Waals surface area contributed by atoms with Crippen LogP contribution in [0.3, 0.4) is 0 Å². The highest BCUT2D eigenvalue weighted by atomic mass is 35.5. The van der Waals surface area contributed by atoms with E-state index in [-0.39, 0.29) is 11.0 Å². The van der Waals surface area contributed by atoms with Gasteiger partial charge in [0.2, 0.25) is 0 Å². The molecule has 2 saturated heterocycles. The molecular formula is C23H23ClFN3O2. The Morgan fingerprint density at radius 2 is 2.00 bits per heavy atom. The van der Waals surface area contributed by atoms with E-state index in [0.717, 1.165) is 50.7 Å². The molecule has 0 bridgehead atoms. The van der Waals surface area contributed by atoms with E-state index in [0.29, 0.717) is 22.3 Å². The Balaban J connectivity index is 1.47. The highest BCUT2D eigenvalue weighted by Crippen LogP contribution is 2.46. The highest BCUT2D eigenvalue weighted by Gasteiger charge is 2.44. The Kier molecular flexibility index (Phi) is 5.33. The molecule has 1 N–H and O–H groups in total. The molecule has 2 aliphatic rings. The van der Waals surface area contributed by atoms with Gasteiger partial charge in [0.1, 0.15) is 11.9 Å². The van der Waals surface area contributed by atoms with Gasteiger partial charge < -0.3 is 14.9 Å². The van der Waals surface area contributed by atoms with E-state index in [1.165, 1.54) is 6.07 Å². The van der Waals surface area contributed by atoms with Crippen molar-refractivity contribution < 1.29 is 14.3 Å². The standard InChI is InChI=1S/C23H23ClFN3O2/c1-15-12-23(14-28(15)18-4-2-17(13-26)19(24)11-18)6-8-27(9-7-23)21-5-3-16(22(29)30)10-20(21)25/h2-5,10-11,15H,6-9,12,14H2,1H3,(H,29,30)/t15-/m0/s1. The first-order valence-corrected chi connectivity index (χ1v) is 10.4. The van der Waals surface area contributed by atoms with E-state index in [9.17, 15) is 9.18 Å². The Labute approximate surface area is 180 Å². The summed E-state index contributed by atoms with van der Waals surface area (Å²) in [5, 5.41) is 18.6. The van der Waals surface area contributed by atoms with Gasteiger partial charge in [-0.25, -0.2) is 9.18 Å². The normalized spacial score (nSPS) is 20.4. The monoisotopic (exact) mass is 427 g/mol. The molecule has 2 aliphatic heterocycles. The first-order valence-electron chi connectivity index (χ1n) is 10.1. The van der Waals surface area contributed by atoms with Crippen LogP contribution in [0.25, 0.3) is 0 Å². The molecule has 5 nitrogen and oxygen atoms in total. The Morgan fingerprint density at radius 1 is 1.27 bits per heavy atom. The number of carboxylic acids is 1. The summed E-state index contributed by atoms with van der Waals surface area (Å²) in [6.45, 7) is 4.58. The molecule has 2 aromatic carbocycles. The van der Waals surface area contributed by atoms with Crippen LogP contribution in [0, 0.1) is 22.6 Å². The van der Waals surface area contributed by atoms with E-state index < -0.39 is 11.8 Å². The number of nitrogens with zero attached hydrogens (tertiary/aromatic N) is 3. The summed E-state index contributed by atoms with van der Waals surface area (Å²) in [7, 11) is 0. The molecule has 2 heterocycles. The van der Waals surface area contributed by atoms with Crippen molar-refractivity contribution in [2.45, 2.75) is 32.2 Å². The molecule has 0 saturated carbocycles. The first-order chi connectivity index (χ1) is 14.3. The van der Waals surface area contributed by atoms with Gasteiger partial charge in [-0.05, 0) is 68.0 Å². The van der Waals surface area contributed by atoms with Crippen molar-refractivity contribution in [3.05, 3.63) is 58.4 Å². The number of hydrogen-bond donors (Lipinski definition) is 1. The van der Waals surface area contributed by atoms with Gasteiger partial charge in [0.05, 0.1) is 21.8 Å². The summed E-state index contributed by atoms with van der Waals surface area (Å²) in [4.78, 5) is 15.4. The van der Waals surface area contributed by atoms with Crippen molar-refractivity contribution in [3.8, 4) is 6.07 Å². The number of carbonyl (C=O) groups is 1. The molecule has 0 unspecified atom stereocenters. The van der Waals surface area contributed by atoms with E-state index in [4.69, 9.17) is 22.0 Å². The number of aromatic carboxylic acids is 1. The van der Waals surface area contributed by atoms with Crippen LogP contribution in [0.5, 0.6) is 0 Å². The molecular weight excluding hydrogens is 405 g/mol. The van der Waals surface area contributed by atoms with Crippen LogP contribution < -0.4 is 9.80 Å². The fourth-order valence-electron chi connectivity index (χ4n) is 4.92. The predicted octanol–water partition coefficient (Wildman–Crippen LogP) is 4.93. The average Bonchev–Trinajstić information content (AvgIpc) is 3.04. The number of nitriles is 1. The van der Waals surface area contributed by atoms with Crippen molar-refractivity contribution in [1.82, 2.24) is 0 Å². The maximum atomic E-state index is 14.5. The third-order valence-electron chi connectivity index (χ3n) is 6.53. The van der Waals surface area contributed by atoms with Gasteiger partial charge in [-0.1, -0.05) is 11.6 Å². The quantitative estimate of drug-likeness (QED) is 0.751. The molecule has 0 amide bonds. The summed E-state index contributed by atoms with van der Waals surface area (Å²) in [5.74, 6) is -1.61. The fraction of sp³-hybridized carbons (Fsp3) is 0.391. The topological polar surface area (TPSA) is 67.6 Å². The van der Waals surface area contributed by atoms with Gasteiger partial charge >= 0.3 is 5.97 Å². The number of halogens is 2. The molecule has 1 spiro atoms. The van der Waals surface area contributed by atoms with Crippen molar-refractivity contribution in [2.75, 3.05) is 29.4 Å². The third-order valence-corrected chi connectivity index (χ3v) is 6.84. The van der Waals surface area contributed by atoms with Crippen LogP contribution in [0.15, 0.2) is 36.4 Å². The minimum atomic E-state index is -1.12. The number of carboxylic acid groups (broad SMARTS) is 1. The van der Waals surface area contributed by atoms with Crippen LogP contribution in [0.1, 0.15) is 42.1 Å². The summed E-state index contributed by atoms with van der Waals surface area (Å²) in [6, 6.07) is 12.2. The van der Waals surface area contributed by atoms with Gasteiger partial charge in [0.15, 0.2) is 0 Å². The van der Waals surface area contributed by atoms with Crippen molar-refractivity contribution >= 4 is 28.9 Å². The largest absolute Gasteiger partial charge is 0.478 e. The van der Waals surface area contributed by atoms with Gasteiger partial charge in [0.25, 0.3) is 0 Å². The Bertz CT molecular complexity index is 1030. The summed E-state index contributed by atoms with van der Waals surface area (Å²) < 4.78 is 14.5. The zero-order chi connectivity index (χ0) is 21.5. The number of hydrogen-bond acceptors (Lipinski definition) is 4. The molecule has 2 fully saturated rings. The average molecular weight is 428 g/mol. The van der Waals surface area contributed by atoms with Crippen LogP contribution >= 0.6 is 11.6 Å². The minimum Gasteiger partial charge on any atom is -0.478 e. The van der Waals surface area contributed by atoms with Crippen LogP contribution in [0.2, 0.25) is 5.02 Å². The molecule has 156 valence electrons. The summed E-state index contributed by atoms with van der Waals surface area (Å²) in [6.07, 6.45) is 2.94. The van der Waals surface area contributed by atoms with Gasteiger partial charge in [-0.15, -0.1) is 0 Å². The van der Waals surface area contributed by atoms with Crippen molar-refractivity contribution in [3.63, 3.8) is 0 Å². The zero-order valence-electron chi connectivity index (χ0n) is 16.7. The SMILES string of the molecule is C[C@H]1CC2(CCN(c3ccc(C(=O)O)cc3F)CC2)CN1c1ccc(C#N)c(Cl)c1. The highest BCUT2D eigenvalue weighted by molar-refractivity contribution is 6.32. The Hall–Kier alpha value is -2.78. The second kappa shape index (κ2) is 7.81. The number of anilines is 2. The number of piperidine rings is 1. The lowest BCUT2D eigenvalue weighted by Gasteiger charge is -2.40. The molecule has 0 aromatic heterocycles. The van der Waals surface area contributed by atoms with Gasteiger partial charge in [-0.3, -0.25) is 0 Å². The van der Waals surface area contributed by atoms with Crippen LogP contribution in [-0.2, 0) is 0 Å². The van der Waals surface area contributed by atoms with Crippen LogP contribution in [-0.4, -0.2) is 36.8 Å². The van der Waals surface area contributed by atoms with E-state index in [2.05, 4.69) is 17.9 Å². The smallest absolute Gasteiger partial charge is 0.335 e. The molecule has 4 rings (SSSR count). The van der Waals surface area contributed by atoms with E-state index in [1.807, 2.05) is 17.0 Å². The molecule has 2 aromatic rings. The van der Waals surface area contributed by atoms with Gasteiger partial charge in [-0.2, -0.15) is 5.26 Å². The molecule has 0 radical (unpaired) electrons. The molecule has 7 heteroatoms. The maximum Gasteiger partial charge on any atom is 0.335 e. The maximum absolute atomic E-state index is 14.5. The third kappa shape index (κ3) is 3.70. The molecule has 30 heavy (non-hydrogen) atoms. The molecule has 0 aliphatic carbocycles. The zero-order valence-corrected chi connectivity index (χ0v) is 17.5. The van der Waals surface area contributed by atoms with Crippen molar-refractivity contribution in [2.24, 2.45) is 5.41 Å². The van der Waals surface area contributed by atoms with E-state index in [1.54, 1.807) is 12.1 Å². The fourth-order valence-corrected chi connectivity index (χ4v) is 5.14. The summed E-state index contributed by atoms with van der Waals surface area (Å²) in [5.41, 5.74) is 2.10. The Morgan fingerprint density at radius 3 is 2.60 bits per heavy atom. The van der Waals surface area contributed by atoms with Crippen LogP contribution in [0.4, 0.5) is 15.8 Å².